The molecule has 0 fully saturated rings. The van der Waals surface area contributed by atoms with Crippen LogP contribution in [-0.2, 0) is 4.79 Å². The Morgan fingerprint density at radius 2 is 1.92 bits per heavy atom. The molecule has 0 aliphatic rings. The number of halogens is 1. The molecule has 2 aromatic rings. The molecule has 0 aromatic heterocycles. The van der Waals surface area contributed by atoms with E-state index in [2.05, 4.69) is 26.5 Å². The van der Waals surface area contributed by atoms with Crippen LogP contribution < -0.4 is 14.9 Å². The Hall–Kier alpha value is -2.38. The number of hydrazone groups is 1. The van der Waals surface area contributed by atoms with Gasteiger partial charge in [-0.05, 0) is 35.9 Å². The van der Waals surface area contributed by atoms with Gasteiger partial charge in [-0.15, -0.1) is 0 Å². The van der Waals surface area contributed by atoms with Crippen LogP contribution >= 0.6 is 15.9 Å². The van der Waals surface area contributed by atoms with Crippen LogP contribution in [0.15, 0.2) is 52.0 Å². The molecule has 126 valence electrons. The molecule has 1 amide bonds. The summed E-state index contributed by atoms with van der Waals surface area (Å²) >= 11 is 3.30. The lowest BCUT2D eigenvalue weighted by Crippen LogP contribution is -2.25. The monoisotopic (exact) mass is 392 g/mol. The van der Waals surface area contributed by atoms with E-state index in [-0.39, 0.29) is 0 Å². The summed E-state index contributed by atoms with van der Waals surface area (Å²) in [5.41, 5.74) is 3.42. The number of nitrogens with zero attached hydrogens (tertiary/aromatic N) is 1. The van der Waals surface area contributed by atoms with Crippen molar-refractivity contribution in [3.05, 3.63) is 58.1 Å². The maximum absolute atomic E-state index is 12.0. The van der Waals surface area contributed by atoms with Gasteiger partial charge in [-0.25, -0.2) is 5.43 Å². The molecule has 0 saturated heterocycles. The average molecular weight is 393 g/mol. The molecular formula is C17H17BrN2O4. The van der Waals surface area contributed by atoms with Crippen molar-refractivity contribution in [3.8, 4) is 11.5 Å². The number of benzene rings is 2. The molecule has 0 aliphatic carbocycles. The van der Waals surface area contributed by atoms with E-state index in [1.165, 1.54) is 13.3 Å². The minimum absolute atomic E-state index is 0.477. The number of nitrogens with one attached hydrogen (secondary N) is 1. The summed E-state index contributed by atoms with van der Waals surface area (Å²) in [6.45, 7) is 0. The lowest BCUT2D eigenvalue weighted by Gasteiger charge is -2.09. The third kappa shape index (κ3) is 4.56. The smallest absolute Gasteiger partial charge is 0.273 e. The highest BCUT2D eigenvalue weighted by Crippen LogP contribution is 2.22. The van der Waals surface area contributed by atoms with Crippen LogP contribution in [-0.4, -0.2) is 31.4 Å². The van der Waals surface area contributed by atoms with Gasteiger partial charge in [0, 0.05) is 10.0 Å². The Morgan fingerprint density at radius 3 is 2.54 bits per heavy atom. The van der Waals surface area contributed by atoms with Gasteiger partial charge in [0.15, 0.2) is 6.10 Å². The number of methoxy groups -OCH3 is 2. The molecule has 2 aromatic carbocycles. The molecule has 0 bridgehead atoms. The summed E-state index contributed by atoms with van der Waals surface area (Å²) in [6.07, 6.45) is 0.121. The van der Waals surface area contributed by atoms with Crippen LogP contribution in [0.2, 0.25) is 0 Å². The van der Waals surface area contributed by atoms with Crippen molar-refractivity contribution < 1.29 is 19.4 Å². The third-order valence-corrected chi connectivity index (χ3v) is 3.78. The van der Waals surface area contributed by atoms with E-state index in [1.807, 2.05) is 0 Å². The highest BCUT2D eigenvalue weighted by Gasteiger charge is 2.16. The highest BCUT2D eigenvalue weighted by atomic mass is 79.9. The van der Waals surface area contributed by atoms with E-state index < -0.39 is 12.0 Å². The van der Waals surface area contributed by atoms with Crippen molar-refractivity contribution in [2.75, 3.05) is 14.2 Å². The van der Waals surface area contributed by atoms with Gasteiger partial charge in [0.1, 0.15) is 11.5 Å². The van der Waals surface area contributed by atoms with Gasteiger partial charge >= 0.3 is 0 Å². The largest absolute Gasteiger partial charge is 0.497 e. The van der Waals surface area contributed by atoms with Gasteiger partial charge < -0.3 is 14.6 Å². The maximum atomic E-state index is 12.0. The number of carbonyl (C=O) groups excluding carboxylic acids is 1. The predicted molar refractivity (Wildman–Crippen MR) is 94.4 cm³/mol. The van der Waals surface area contributed by atoms with Gasteiger partial charge in [0.2, 0.25) is 0 Å². The standard InChI is InChI=1S/C17H17BrN2O4/c1-23-14-7-8-15(24-2)12(9-14)10-19-20-17(22)16(21)11-3-5-13(18)6-4-11/h3-10,16,21H,1-2H3,(H,20,22)/b19-10-/t16-/m1/s1. The number of rotatable bonds is 6. The second-order valence-corrected chi connectivity index (χ2v) is 5.71. The Bertz CT molecular complexity index is 732. The second-order valence-electron chi connectivity index (χ2n) is 4.80. The zero-order valence-corrected chi connectivity index (χ0v) is 14.8. The Morgan fingerprint density at radius 1 is 1.21 bits per heavy atom. The molecule has 2 N–H and O–H groups in total. The van der Waals surface area contributed by atoms with Gasteiger partial charge in [0.05, 0.1) is 20.4 Å². The van der Waals surface area contributed by atoms with Crippen LogP contribution in [0.25, 0.3) is 0 Å². The van der Waals surface area contributed by atoms with Crippen molar-refractivity contribution in [2.24, 2.45) is 5.10 Å². The first-order valence-electron chi connectivity index (χ1n) is 7.03. The van der Waals surface area contributed by atoms with E-state index in [0.717, 1.165) is 4.47 Å². The molecule has 7 heteroatoms. The number of ether oxygens (including phenoxy) is 2. The fraction of sp³-hybridized carbons (Fsp3) is 0.176. The van der Waals surface area contributed by atoms with Gasteiger partial charge in [-0.1, -0.05) is 28.1 Å². The SMILES string of the molecule is COc1ccc(OC)c(/C=N\NC(=O)[C@H](O)c2ccc(Br)cc2)c1. The quantitative estimate of drug-likeness (QED) is 0.584. The van der Waals surface area contributed by atoms with Crippen LogP contribution in [0.3, 0.4) is 0 Å². The van der Waals surface area contributed by atoms with Crippen molar-refractivity contribution in [1.29, 1.82) is 0 Å². The van der Waals surface area contributed by atoms with E-state index in [1.54, 1.807) is 49.6 Å². The third-order valence-electron chi connectivity index (χ3n) is 3.25. The summed E-state index contributed by atoms with van der Waals surface area (Å²) in [5, 5.41) is 13.9. The minimum atomic E-state index is -1.30. The summed E-state index contributed by atoms with van der Waals surface area (Å²) in [7, 11) is 3.09. The number of hydrogen-bond donors (Lipinski definition) is 2. The predicted octanol–water partition coefficient (Wildman–Crippen LogP) is 2.65. The Labute approximate surface area is 148 Å². The van der Waals surface area contributed by atoms with Gasteiger partial charge in [0.25, 0.3) is 5.91 Å². The van der Waals surface area contributed by atoms with E-state index >= 15 is 0 Å². The lowest BCUT2D eigenvalue weighted by molar-refractivity contribution is -0.129. The fourth-order valence-electron chi connectivity index (χ4n) is 1.96. The molecular weight excluding hydrogens is 376 g/mol. The molecule has 0 unspecified atom stereocenters. The number of amides is 1. The molecule has 0 spiro atoms. The number of carbonyl (C=O) groups is 1. The van der Waals surface area contributed by atoms with Crippen LogP contribution in [0.4, 0.5) is 0 Å². The molecule has 0 saturated carbocycles. The number of aliphatic hydroxyl groups excluding tert-OH is 1. The zero-order chi connectivity index (χ0) is 17.5. The summed E-state index contributed by atoms with van der Waals surface area (Å²) in [6, 6.07) is 12.0. The summed E-state index contributed by atoms with van der Waals surface area (Å²) < 4.78 is 11.2. The molecule has 0 radical (unpaired) electrons. The Kier molecular flexibility index (Phi) is 6.34. The van der Waals surface area contributed by atoms with Crippen molar-refractivity contribution >= 4 is 28.1 Å². The molecule has 1 atom stereocenters. The summed E-state index contributed by atoms with van der Waals surface area (Å²) in [4.78, 5) is 12.0. The van der Waals surface area contributed by atoms with Crippen molar-refractivity contribution in [1.82, 2.24) is 5.43 Å². The van der Waals surface area contributed by atoms with Gasteiger partial charge in [-0.3, -0.25) is 4.79 Å². The van der Waals surface area contributed by atoms with Crippen LogP contribution in [0.1, 0.15) is 17.2 Å². The van der Waals surface area contributed by atoms with E-state index in [4.69, 9.17) is 9.47 Å². The van der Waals surface area contributed by atoms with Crippen LogP contribution in [0, 0.1) is 0 Å². The topological polar surface area (TPSA) is 80.2 Å². The summed E-state index contributed by atoms with van der Waals surface area (Å²) in [5.74, 6) is 0.594. The highest BCUT2D eigenvalue weighted by molar-refractivity contribution is 9.10. The maximum Gasteiger partial charge on any atom is 0.273 e. The number of aliphatic hydroxyl groups is 1. The first-order chi connectivity index (χ1) is 11.5. The van der Waals surface area contributed by atoms with Crippen LogP contribution in [0.5, 0.6) is 11.5 Å². The molecule has 0 aliphatic heterocycles. The molecule has 6 nitrogen and oxygen atoms in total. The zero-order valence-electron chi connectivity index (χ0n) is 13.2. The minimum Gasteiger partial charge on any atom is -0.497 e. The normalized spacial score (nSPS) is 12.0. The fourth-order valence-corrected chi connectivity index (χ4v) is 2.23. The van der Waals surface area contributed by atoms with Crippen molar-refractivity contribution in [2.45, 2.75) is 6.10 Å². The Balaban J connectivity index is 2.05. The number of hydrogen-bond acceptors (Lipinski definition) is 5. The van der Waals surface area contributed by atoms with E-state index in [9.17, 15) is 9.90 Å². The molecule has 2 rings (SSSR count). The first kappa shape index (κ1) is 18.0. The lowest BCUT2D eigenvalue weighted by atomic mass is 10.1. The molecule has 0 heterocycles. The van der Waals surface area contributed by atoms with Crippen molar-refractivity contribution in [3.63, 3.8) is 0 Å². The van der Waals surface area contributed by atoms with Gasteiger partial charge in [-0.2, -0.15) is 5.10 Å². The van der Waals surface area contributed by atoms with E-state index in [0.29, 0.717) is 22.6 Å². The second kappa shape index (κ2) is 8.47. The average Bonchev–Trinajstić information content (AvgIpc) is 2.61. The molecule has 24 heavy (non-hydrogen) atoms. The first-order valence-corrected chi connectivity index (χ1v) is 7.83.